The molecule has 1 aromatic heterocycles. The molecule has 6 nitrogen and oxygen atoms in total. The third kappa shape index (κ3) is 4.66. The lowest BCUT2D eigenvalue weighted by Crippen LogP contribution is -3.08. The lowest BCUT2D eigenvalue weighted by atomic mass is 10.3. The first-order valence-electron chi connectivity index (χ1n) is 6.41. The second-order valence-electron chi connectivity index (χ2n) is 4.79. The van der Waals surface area contributed by atoms with E-state index in [4.69, 9.17) is 0 Å². The highest BCUT2D eigenvalue weighted by Gasteiger charge is 2.12. The molecule has 1 unspecified atom stereocenters. The van der Waals surface area contributed by atoms with Crippen molar-refractivity contribution in [1.29, 1.82) is 0 Å². The summed E-state index contributed by atoms with van der Waals surface area (Å²) in [5.41, 5.74) is 1.78. The van der Waals surface area contributed by atoms with E-state index in [0.717, 1.165) is 11.4 Å². The van der Waals surface area contributed by atoms with Gasteiger partial charge in [-0.05, 0) is 29.0 Å². The van der Waals surface area contributed by atoms with Crippen LogP contribution in [-0.2, 0) is 11.3 Å². The van der Waals surface area contributed by atoms with Gasteiger partial charge >= 0.3 is 0 Å². The van der Waals surface area contributed by atoms with E-state index < -0.39 is 4.92 Å². The topological polar surface area (TPSA) is 76.7 Å². The second kappa shape index (κ2) is 6.96. The molecular weight excluding hydrogens is 290 g/mol. The number of hydrogen-bond donors (Lipinski definition) is 2. The Balaban J connectivity index is 1.84. The Morgan fingerprint density at radius 3 is 2.62 bits per heavy atom. The Morgan fingerprint density at radius 1 is 1.33 bits per heavy atom. The molecule has 0 bridgehead atoms. The van der Waals surface area contributed by atoms with Crippen molar-refractivity contribution in [3.63, 3.8) is 0 Å². The van der Waals surface area contributed by atoms with Gasteiger partial charge in [0.1, 0.15) is 6.54 Å². The first kappa shape index (κ1) is 15.1. The molecule has 0 fully saturated rings. The van der Waals surface area contributed by atoms with Gasteiger partial charge in [-0.3, -0.25) is 14.9 Å². The number of hydrogen-bond acceptors (Lipinski definition) is 4. The van der Waals surface area contributed by atoms with Gasteiger partial charge in [0.15, 0.2) is 6.54 Å². The molecule has 2 rings (SSSR count). The molecule has 0 aliphatic rings. The van der Waals surface area contributed by atoms with Crippen molar-refractivity contribution in [2.75, 3.05) is 18.9 Å². The predicted molar refractivity (Wildman–Crippen MR) is 81.5 cm³/mol. The van der Waals surface area contributed by atoms with Crippen LogP contribution in [0.3, 0.4) is 0 Å². The number of carbonyl (C=O) groups is 1. The van der Waals surface area contributed by atoms with E-state index in [1.165, 1.54) is 29.8 Å². The van der Waals surface area contributed by atoms with Gasteiger partial charge in [-0.2, -0.15) is 11.3 Å². The fourth-order valence-corrected chi connectivity index (χ4v) is 2.62. The van der Waals surface area contributed by atoms with E-state index in [-0.39, 0.29) is 11.6 Å². The number of nitrogens with zero attached hydrogens (tertiary/aromatic N) is 1. The molecule has 0 saturated heterocycles. The lowest BCUT2D eigenvalue weighted by molar-refractivity contribution is -0.885. The molecule has 1 atom stereocenters. The van der Waals surface area contributed by atoms with E-state index in [1.807, 2.05) is 18.5 Å². The van der Waals surface area contributed by atoms with Crippen LogP contribution < -0.4 is 10.2 Å². The van der Waals surface area contributed by atoms with Crippen LogP contribution in [-0.4, -0.2) is 24.4 Å². The van der Waals surface area contributed by atoms with Crippen LogP contribution in [0.15, 0.2) is 41.1 Å². The van der Waals surface area contributed by atoms with E-state index in [9.17, 15) is 14.9 Å². The number of benzene rings is 1. The number of thiophene rings is 1. The van der Waals surface area contributed by atoms with Crippen molar-refractivity contribution in [3.05, 3.63) is 56.8 Å². The van der Waals surface area contributed by atoms with Crippen molar-refractivity contribution >= 4 is 28.6 Å². The quantitative estimate of drug-likeness (QED) is 0.624. The van der Waals surface area contributed by atoms with E-state index >= 15 is 0 Å². The first-order chi connectivity index (χ1) is 10.0. The van der Waals surface area contributed by atoms with Gasteiger partial charge in [-0.1, -0.05) is 0 Å². The van der Waals surface area contributed by atoms with Gasteiger partial charge in [0.2, 0.25) is 0 Å². The largest absolute Gasteiger partial charge is 0.326 e. The normalized spacial score (nSPS) is 11.9. The van der Waals surface area contributed by atoms with Crippen LogP contribution in [0.25, 0.3) is 0 Å². The van der Waals surface area contributed by atoms with Crippen molar-refractivity contribution < 1.29 is 14.6 Å². The molecule has 2 N–H and O–H groups in total. The van der Waals surface area contributed by atoms with Gasteiger partial charge in [0.25, 0.3) is 11.6 Å². The summed E-state index contributed by atoms with van der Waals surface area (Å²) in [5.74, 6) is -0.114. The molecule has 1 amide bonds. The molecule has 7 heteroatoms. The Bertz CT molecular complexity index is 611. The zero-order valence-electron chi connectivity index (χ0n) is 11.5. The summed E-state index contributed by atoms with van der Waals surface area (Å²) in [7, 11) is 1.95. The van der Waals surface area contributed by atoms with E-state index in [1.54, 1.807) is 11.3 Å². The van der Waals surface area contributed by atoms with Crippen molar-refractivity contribution in [2.24, 2.45) is 0 Å². The summed E-state index contributed by atoms with van der Waals surface area (Å²) >= 11 is 1.64. The molecule has 2 aromatic rings. The highest BCUT2D eigenvalue weighted by Crippen LogP contribution is 2.15. The summed E-state index contributed by atoms with van der Waals surface area (Å²) in [6, 6.07) is 7.85. The van der Waals surface area contributed by atoms with Crippen LogP contribution in [0.4, 0.5) is 11.4 Å². The molecular formula is C14H16N3O3S+. The highest BCUT2D eigenvalue weighted by molar-refractivity contribution is 7.07. The number of likely N-dealkylation sites (N-methyl/N-ethyl adjacent to an activating group) is 1. The zero-order chi connectivity index (χ0) is 15.2. The maximum atomic E-state index is 11.9. The van der Waals surface area contributed by atoms with Gasteiger partial charge in [0, 0.05) is 23.4 Å². The Morgan fingerprint density at radius 2 is 2.05 bits per heavy atom. The standard InChI is InChI=1S/C14H15N3O3S/c1-16(8-11-6-7-21-10-11)9-14(18)15-12-2-4-13(5-3-12)17(19)20/h2-7,10H,8-9H2,1H3,(H,15,18)/p+1. The van der Waals surface area contributed by atoms with Crippen LogP contribution in [0.2, 0.25) is 0 Å². The van der Waals surface area contributed by atoms with Gasteiger partial charge in [-0.15, -0.1) is 0 Å². The first-order valence-corrected chi connectivity index (χ1v) is 7.35. The molecule has 0 aliphatic heterocycles. The summed E-state index contributed by atoms with van der Waals surface area (Å²) < 4.78 is 0. The summed E-state index contributed by atoms with van der Waals surface area (Å²) in [4.78, 5) is 23.1. The van der Waals surface area contributed by atoms with Gasteiger partial charge < -0.3 is 10.2 Å². The van der Waals surface area contributed by atoms with Gasteiger partial charge in [0.05, 0.1) is 12.0 Å². The minimum atomic E-state index is -0.468. The number of nitrogens with one attached hydrogen (secondary N) is 2. The fourth-order valence-electron chi connectivity index (χ4n) is 1.95. The van der Waals surface area contributed by atoms with Crippen LogP contribution in [0.5, 0.6) is 0 Å². The van der Waals surface area contributed by atoms with Crippen LogP contribution in [0.1, 0.15) is 5.56 Å². The number of carbonyl (C=O) groups excluding carboxylic acids is 1. The number of anilines is 1. The number of nitro benzene ring substituents is 1. The Hall–Kier alpha value is -2.25. The summed E-state index contributed by atoms with van der Waals surface area (Å²) in [6.07, 6.45) is 0. The molecule has 1 aromatic carbocycles. The summed E-state index contributed by atoms with van der Waals surface area (Å²) in [6.45, 7) is 1.13. The number of non-ortho nitro benzene ring substituents is 1. The van der Waals surface area contributed by atoms with Crippen molar-refractivity contribution in [2.45, 2.75) is 6.54 Å². The van der Waals surface area contributed by atoms with E-state index in [2.05, 4.69) is 10.7 Å². The number of quaternary nitrogens is 1. The van der Waals surface area contributed by atoms with Gasteiger partial charge in [-0.25, -0.2) is 0 Å². The SMILES string of the molecule is C[NH+](CC(=O)Nc1ccc([N+](=O)[O-])cc1)Cc1ccsc1. The average molecular weight is 306 g/mol. The molecule has 0 saturated carbocycles. The minimum Gasteiger partial charge on any atom is -0.326 e. The maximum absolute atomic E-state index is 11.9. The third-order valence-electron chi connectivity index (χ3n) is 2.91. The van der Waals surface area contributed by atoms with Crippen LogP contribution >= 0.6 is 11.3 Å². The Labute approximate surface area is 126 Å². The molecule has 21 heavy (non-hydrogen) atoms. The zero-order valence-corrected chi connectivity index (χ0v) is 12.4. The highest BCUT2D eigenvalue weighted by atomic mass is 32.1. The number of rotatable bonds is 6. The minimum absolute atomic E-state index is 0.00759. The Kier molecular flexibility index (Phi) is 5.02. The molecule has 110 valence electrons. The number of amides is 1. The monoisotopic (exact) mass is 306 g/mol. The van der Waals surface area contributed by atoms with E-state index in [0.29, 0.717) is 12.2 Å². The third-order valence-corrected chi connectivity index (χ3v) is 3.64. The number of nitro groups is 1. The van der Waals surface area contributed by atoms with Crippen LogP contribution in [0, 0.1) is 10.1 Å². The molecule has 0 spiro atoms. The summed E-state index contributed by atoms with van der Waals surface area (Å²) in [5, 5.41) is 17.4. The molecule has 0 aliphatic carbocycles. The second-order valence-corrected chi connectivity index (χ2v) is 5.57. The molecule has 1 heterocycles. The van der Waals surface area contributed by atoms with Crippen molar-refractivity contribution in [1.82, 2.24) is 0 Å². The lowest BCUT2D eigenvalue weighted by Gasteiger charge is -2.13. The average Bonchev–Trinajstić information content (AvgIpc) is 2.91. The molecule has 0 radical (unpaired) electrons. The maximum Gasteiger partial charge on any atom is 0.279 e. The smallest absolute Gasteiger partial charge is 0.279 e. The van der Waals surface area contributed by atoms with Crippen molar-refractivity contribution in [3.8, 4) is 0 Å². The fraction of sp³-hybridized carbons (Fsp3) is 0.214. The predicted octanol–water partition coefficient (Wildman–Crippen LogP) is 1.31.